The van der Waals surface area contributed by atoms with Crippen molar-refractivity contribution in [2.45, 2.75) is 44.5 Å². The fourth-order valence-electron chi connectivity index (χ4n) is 1.86. The number of rotatable bonds is 5. The Hall–Kier alpha value is -0.650. The van der Waals surface area contributed by atoms with Crippen LogP contribution in [0.1, 0.15) is 31.9 Å². The maximum Gasteiger partial charge on any atom is 0.243 e. The molecule has 1 rings (SSSR count). The van der Waals surface area contributed by atoms with Crippen molar-refractivity contribution in [3.05, 3.63) is 29.1 Å². The Balaban J connectivity index is 3.33. The molecule has 0 aromatic heterocycles. The van der Waals surface area contributed by atoms with Gasteiger partial charge in [-0.25, -0.2) is 12.8 Å². The highest BCUT2D eigenvalue weighted by Crippen LogP contribution is 2.25. The highest BCUT2D eigenvalue weighted by Gasteiger charge is 2.28. The molecule has 0 N–H and O–H groups in total. The second-order valence-corrected chi connectivity index (χ2v) is 7.62. The highest BCUT2D eigenvalue weighted by atomic mass is 35.5. The first-order chi connectivity index (χ1) is 9.12. The Morgan fingerprint density at radius 1 is 1.30 bits per heavy atom. The molecule has 0 fully saturated rings. The van der Waals surface area contributed by atoms with E-state index in [-0.39, 0.29) is 33.9 Å². The van der Waals surface area contributed by atoms with Gasteiger partial charge in [-0.3, -0.25) is 0 Å². The van der Waals surface area contributed by atoms with Crippen LogP contribution in [0.2, 0.25) is 0 Å². The summed E-state index contributed by atoms with van der Waals surface area (Å²) in [4.78, 5) is 0.0852. The molecule has 114 valence electrons. The Kier molecular flexibility index (Phi) is 5.58. The van der Waals surface area contributed by atoms with Gasteiger partial charge in [0, 0.05) is 18.7 Å². The van der Waals surface area contributed by atoms with Gasteiger partial charge in [0.1, 0.15) is 5.82 Å². The molecule has 1 aromatic rings. The maximum absolute atomic E-state index is 13.8. The van der Waals surface area contributed by atoms with Gasteiger partial charge in [-0.05, 0) is 37.5 Å². The van der Waals surface area contributed by atoms with E-state index in [4.69, 9.17) is 11.6 Å². The average Bonchev–Trinajstić information content (AvgIpc) is 2.39. The first kappa shape index (κ1) is 17.4. The summed E-state index contributed by atoms with van der Waals surface area (Å²) < 4.78 is 40.2. The molecule has 0 radical (unpaired) electrons. The van der Waals surface area contributed by atoms with E-state index in [1.807, 2.05) is 20.8 Å². The molecule has 0 spiro atoms. The van der Waals surface area contributed by atoms with Crippen LogP contribution in [0.25, 0.3) is 0 Å². The summed E-state index contributed by atoms with van der Waals surface area (Å²) in [5, 5.41) is 0. The van der Waals surface area contributed by atoms with Crippen molar-refractivity contribution >= 4 is 21.6 Å². The molecular weight excluding hydrogens is 301 g/mol. The molecule has 0 amide bonds. The van der Waals surface area contributed by atoms with Gasteiger partial charge in [-0.15, -0.1) is 11.6 Å². The standard InChI is InChI=1S/C14H21ClFNO2S/c1-9(2)11(4)17(5)20(18,19)13-6-10(3)14(16)12(7-13)8-15/h6-7,9,11H,8H2,1-5H3. The molecule has 0 aliphatic heterocycles. The first-order valence-electron chi connectivity index (χ1n) is 6.46. The van der Waals surface area contributed by atoms with Crippen LogP contribution >= 0.6 is 11.6 Å². The second-order valence-electron chi connectivity index (χ2n) is 5.35. The minimum atomic E-state index is -3.65. The van der Waals surface area contributed by atoms with E-state index < -0.39 is 15.8 Å². The third kappa shape index (κ3) is 3.32. The number of hydrogen-bond acceptors (Lipinski definition) is 2. The number of aryl methyl sites for hydroxylation is 1. The zero-order valence-corrected chi connectivity index (χ0v) is 14.0. The highest BCUT2D eigenvalue weighted by molar-refractivity contribution is 7.89. The number of halogens is 2. The summed E-state index contributed by atoms with van der Waals surface area (Å²) in [6, 6.07) is 2.52. The van der Waals surface area contributed by atoms with Crippen molar-refractivity contribution in [2.24, 2.45) is 5.92 Å². The van der Waals surface area contributed by atoms with Crippen molar-refractivity contribution in [3.63, 3.8) is 0 Å². The maximum atomic E-state index is 13.8. The Labute approximate surface area is 125 Å². The Morgan fingerprint density at radius 3 is 2.30 bits per heavy atom. The molecule has 0 saturated carbocycles. The molecule has 1 atom stereocenters. The number of sulfonamides is 1. The molecule has 1 aromatic carbocycles. The van der Waals surface area contributed by atoms with Gasteiger partial charge in [0.15, 0.2) is 0 Å². The summed E-state index contributed by atoms with van der Waals surface area (Å²) >= 11 is 5.67. The van der Waals surface area contributed by atoms with Crippen molar-refractivity contribution in [2.75, 3.05) is 7.05 Å². The van der Waals surface area contributed by atoms with E-state index in [0.29, 0.717) is 0 Å². The predicted octanol–water partition coefficient (Wildman–Crippen LogP) is 3.54. The smallest absolute Gasteiger partial charge is 0.207 e. The average molecular weight is 322 g/mol. The lowest BCUT2D eigenvalue weighted by Gasteiger charge is -2.27. The molecule has 20 heavy (non-hydrogen) atoms. The fraction of sp³-hybridized carbons (Fsp3) is 0.571. The molecular formula is C14H21ClFNO2S. The Morgan fingerprint density at radius 2 is 1.85 bits per heavy atom. The second kappa shape index (κ2) is 6.41. The van der Waals surface area contributed by atoms with Crippen LogP contribution in [0, 0.1) is 18.7 Å². The predicted molar refractivity (Wildman–Crippen MR) is 79.9 cm³/mol. The zero-order chi connectivity index (χ0) is 15.7. The molecule has 3 nitrogen and oxygen atoms in total. The van der Waals surface area contributed by atoms with Crippen LogP contribution < -0.4 is 0 Å². The third-order valence-corrected chi connectivity index (χ3v) is 5.87. The van der Waals surface area contributed by atoms with Crippen LogP contribution in [0.4, 0.5) is 4.39 Å². The summed E-state index contributed by atoms with van der Waals surface area (Å²) in [5.74, 6) is -0.318. The van der Waals surface area contributed by atoms with Crippen LogP contribution in [-0.4, -0.2) is 25.8 Å². The topological polar surface area (TPSA) is 37.4 Å². The van der Waals surface area contributed by atoms with Crippen molar-refractivity contribution < 1.29 is 12.8 Å². The zero-order valence-electron chi connectivity index (χ0n) is 12.4. The quantitative estimate of drug-likeness (QED) is 0.778. The summed E-state index contributed by atoms with van der Waals surface area (Å²) in [6.45, 7) is 7.30. The Bertz CT molecular complexity index is 587. The van der Waals surface area contributed by atoms with Crippen molar-refractivity contribution in [1.29, 1.82) is 0 Å². The van der Waals surface area contributed by atoms with E-state index >= 15 is 0 Å². The fourth-order valence-corrected chi connectivity index (χ4v) is 3.68. The number of nitrogens with zero attached hydrogens (tertiary/aromatic N) is 1. The van der Waals surface area contributed by atoms with Gasteiger partial charge in [-0.2, -0.15) is 4.31 Å². The molecule has 0 heterocycles. The van der Waals surface area contributed by atoms with Crippen LogP contribution in [0.5, 0.6) is 0 Å². The number of alkyl halides is 1. The number of benzene rings is 1. The summed E-state index contributed by atoms with van der Waals surface area (Å²) in [7, 11) is -2.11. The monoisotopic (exact) mass is 321 g/mol. The van der Waals surface area contributed by atoms with E-state index in [1.165, 1.54) is 23.4 Å². The third-order valence-electron chi connectivity index (χ3n) is 3.66. The van der Waals surface area contributed by atoms with Gasteiger partial charge < -0.3 is 0 Å². The van der Waals surface area contributed by atoms with E-state index in [9.17, 15) is 12.8 Å². The van der Waals surface area contributed by atoms with Crippen molar-refractivity contribution in [1.82, 2.24) is 4.31 Å². The SMILES string of the molecule is Cc1cc(S(=O)(=O)N(C)C(C)C(C)C)cc(CCl)c1F. The lowest BCUT2D eigenvalue weighted by Crippen LogP contribution is -2.38. The molecule has 1 unspecified atom stereocenters. The summed E-state index contributed by atoms with van der Waals surface area (Å²) in [5.41, 5.74) is 0.489. The minimum Gasteiger partial charge on any atom is -0.207 e. The molecule has 0 saturated heterocycles. The van der Waals surface area contributed by atoms with E-state index in [2.05, 4.69) is 0 Å². The first-order valence-corrected chi connectivity index (χ1v) is 8.43. The van der Waals surface area contributed by atoms with Crippen LogP contribution in [-0.2, 0) is 15.9 Å². The lowest BCUT2D eigenvalue weighted by atomic mass is 10.1. The van der Waals surface area contributed by atoms with Gasteiger partial charge in [0.05, 0.1) is 10.8 Å². The van der Waals surface area contributed by atoms with Gasteiger partial charge in [0.25, 0.3) is 0 Å². The largest absolute Gasteiger partial charge is 0.243 e. The number of hydrogen-bond donors (Lipinski definition) is 0. The minimum absolute atomic E-state index is 0.0561. The van der Waals surface area contributed by atoms with Gasteiger partial charge in [-0.1, -0.05) is 13.8 Å². The molecule has 6 heteroatoms. The van der Waals surface area contributed by atoms with Crippen LogP contribution in [0.3, 0.4) is 0 Å². The van der Waals surface area contributed by atoms with E-state index in [0.717, 1.165) is 0 Å². The van der Waals surface area contributed by atoms with E-state index in [1.54, 1.807) is 7.05 Å². The molecule has 0 aliphatic rings. The van der Waals surface area contributed by atoms with Gasteiger partial charge >= 0.3 is 0 Å². The lowest BCUT2D eigenvalue weighted by molar-refractivity contribution is 0.315. The van der Waals surface area contributed by atoms with Crippen LogP contribution in [0.15, 0.2) is 17.0 Å². The normalized spacial score (nSPS) is 14.1. The molecule has 0 bridgehead atoms. The van der Waals surface area contributed by atoms with Gasteiger partial charge in [0.2, 0.25) is 10.0 Å². The summed E-state index contributed by atoms with van der Waals surface area (Å²) in [6.07, 6.45) is 0. The van der Waals surface area contributed by atoms with Crippen molar-refractivity contribution in [3.8, 4) is 0 Å². The molecule has 0 aliphatic carbocycles.